The van der Waals surface area contributed by atoms with E-state index in [0.717, 1.165) is 6.54 Å². The van der Waals surface area contributed by atoms with E-state index in [1.807, 2.05) is 4.90 Å². The molecular weight excluding hydrogens is 134 g/mol. The van der Waals surface area contributed by atoms with E-state index >= 15 is 0 Å². The lowest BCUT2D eigenvalue weighted by atomic mass is 9.87. The lowest BCUT2D eigenvalue weighted by Crippen LogP contribution is -2.38. The van der Waals surface area contributed by atoms with Crippen molar-refractivity contribution in [1.82, 2.24) is 4.90 Å². The van der Waals surface area contributed by atoms with Gasteiger partial charge in [-0.05, 0) is 19.3 Å². The molecule has 0 bridgehead atoms. The average Bonchev–Trinajstić information content (AvgIpc) is 1.88. The summed E-state index contributed by atoms with van der Waals surface area (Å²) in [7, 11) is 0. The molecule has 1 atom stereocenters. The Balaban J connectivity index is 4.24. The average molecular weight is 153 g/mol. The van der Waals surface area contributed by atoms with Crippen molar-refractivity contribution in [3.05, 3.63) is 0 Å². The Morgan fingerprint density at radius 3 is 2.00 bits per heavy atom. The van der Waals surface area contributed by atoms with Gasteiger partial charge in [0.25, 0.3) is 0 Å². The first-order valence-electron chi connectivity index (χ1n) is 4.16. The summed E-state index contributed by atoms with van der Waals surface area (Å²) in [5, 5.41) is 0. The molecule has 0 spiro atoms. The maximum Gasteiger partial charge on any atom is 0.0391 e. The van der Waals surface area contributed by atoms with Gasteiger partial charge in [0, 0.05) is 18.6 Å². The number of terminal acetylenes is 1. The summed E-state index contributed by atoms with van der Waals surface area (Å²) in [6.07, 6.45) is 5.36. The second-order valence-electron chi connectivity index (χ2n) is 3.96. The summed E-state index contributed by atoms with van der Waals surface area (Å²) in [6.45, 7) is 11.8. The van der Waals surface area contributed by atoms with Crippen molar-refractivity contribution in [3.8, 4) is 12.5 Å². The van der Waals surface area contributed by atoms with E-state index in [0.29, 0.717) is 6.04 Å². The highest BCUT2D eigenvalue weighted by Gasteiger charge is 2.23. The van der Waals surface area contributed by atoms with Crippen LogP contribution < -0.4 is 0 Å². The Bertz CT molecular complexity index is 147. The Morgan fingerprint density at radius 1 is 1.45 bits per heavy atom. The van der Waals surface area contributed by atoms with Gasteiger partial charge in [-0.3, -0.25) is 0 Å². The molecule has 0 fully saturated rings. The summed E-state index contributed by atoms with van der Waals surface area (Å²) >= 11 is 0. The molecule has 0 aromatic rings. The van der Waals surface area contributed by atoms with Crippen molar-refractivity contribution >= 4 is 0 Å². The molecule has 0 aromatic heterocycles. The summed E-state index contributed by atoms with van der Waals surface area (Å²) < 4.78 is 0. The van der Waals surface area contributed by atoms with E-state index in [1.165, 1.54) is 0 Å². The van der Waals surface area contributed by atoms with Crippen LogP contribution in [0.25, 0.3) is 0 Å². The standard InChI is InChI=1S/C10H19N/c1-7-11(8-2)9(3)10(4,5)6/h1,9H,8H2,2-6H3. The zero-order valence-electron chi connectivity index (χ0n) is 8.31. The molecule has 1 unspecified atom stereocenters. The normalized spacial score (nSPS) is 13.8. The van der Waals surface area contributed by atoms with E-state index in [2.05, 4.69) is 40.7 Å². The maximum atomic E-state index is 5.36. The van der Waals surface area contributed by atoms with Gasteiger partial charge in [0.1, 0.15) is 0 Å². The lowest BCUT2D eigenvalue weighted by molar-refractivity contribution is 0.179. The van der Waals surface area contributed by atoms with Gasteiger partial charge in [-0.15, -0.1) is 0 Å². The van der Waals surface area contributed by atoms with E-state index in [4.69, 9.17) is 6.42 Å². The molecular formula is C10H19N. The molecule has 0 aromatic carbocycles. The van der Waals surface area contributed by atoms with Crippen LogP contribution >= 0.6 is 0 Å². The van der Waals surface area contributed by atoms with Crippen LogP contribution in [0.4, 0.5) is 0 Å². The van der Waals surface area contributed by atoms with Crippen LogP contribution in [0, 0.1) is 17.9 Å². The molecule has 0 saturated heterocycles. The predicted molar refractivity (Wildman–Crippen MR) is 50.1 cm³/mol. The summed E-state index contributed by atoms with van der Waals surface area (Å²) in [4.78, 5) is 2.03. The fraction of sp³-hybridized carbons (Fsp3) is 0.800. The van der Waals surface area contributed by atoms with Gasteiger partial charge in [0.2, 0.25) is 0 Å². The smallest absolute Gasteiger partial charge is 0.0391 e. The van der Waals surface area contributed by atoms with Gasteiger partial charge in [0.05, 0.1) is 0 Å². The van der Waals surface area contributed by atoms with Gasteiger partial charge in [-0.1, -0.05) is 27.2 Å². The minimum atomic E-state index is 0.266. The third kappa shape index (κ3) is 2.84. The molecule has 0 heterocycles. The van der Waals surface area contributed by atoms with Crippen LogP contribution in [0.3, 0.4) is 0 Å². The molecule has 0 aliphatic rings. The summed E-state index contributed by atoms with van der Waals surface area (Å²) in [5.41, 5.74) is 0.266. The van der Waals surface area contributed by atoms with E-state index < -0.39 is 0 Å². The van der Waals surface area contributed by atoms with Crippen molar-refractivity contribution in [1.29, 1.82) is 0 Å². The van der Waals surface area contributed by atoms with Crippen molar-refractivity contribution in [2.45, 2.75) is 40.7 Å². The summed E-state index contributed by atoms with van der Waals surface area (Å²) in [5.74, 6) is 0. The Labute approximate surface area is 70.8 Å². The maximum absolute atomic E-state index is 5.36. The molecule has 1 heteroatoms. The molecule has 0 radical (unpaired) electrons. The first-order valence-corrected chi connectivity index (χ1v) is 4.16. The van der Waals surface area contributed by atoms with E-state index in [-0.39, 0.29) is 5.41 Å². The quantitative estimate of drug-likeness (QED) is 0.435. The Morgan fingerprint density at radius 2 is 1.91 bits per heavy atom. The highest BCUT2D eigenvalue weighted by atomic mass is 15.1. The molecule has 0 rings (SSSR count). The number of hydrogen-bond acceptors (Lipinski definition) is 1. The van der Waals surface area contributed by atoms with Crippen LogP contribution in [-0.2, 0) is 0 Å². The van der Waals surface area contributed by atoms with Gasteiger partial charge in [-0.25, -0.2) is 0 Å². The zero-order valence-corrected chi connectivity index (χ0v) is 8.31. The van der Waals surface area contributed by atoms with Crippen molar-refractivity contribution < 1.29 is 0 Å². The first kappa shape index (κ1) is 10.4. The molecule has 0 aliphatic carbocycles. The minimum Gasteiger partial charge on any atom is -0.330 e. The fourth-order valence-corrected chi connectivity index (χ4v) is 0.944. The van der Waals surface area contributed by atoms with E-state index in [1.54, 1.807) is 0 Å². The third-order valence-corrected chi connectivity index (χ3v) is 2.23. The predicted octanol–water partition coefficient (Wildman–Crippen LogP) is 2.33. The highest BCUT2D eigenvalue weighted by Crippen LogP contribution is 2.22. The fourth-order valence-electron chi connectivity index (χ4n) is 0.944. The Hall–Kier alpha value is -0.640. The summed E-state index contributed by atoms with van der Waals surface area (Å²) in [6, 6.07) is 3.13. The van der Waals surface area contributed by atoms with Crippen molar-refractivity contribution in [2.24, 2.45) is 5.41 Å². The number of hydrogen-bond donors (Lipinski definition) is 0. The van der Waals surface area contributed by atoms with E-state index in [9.17, 15) is 0 Å². The Kier molecular flexibility index (Phi) is 3.45. The molecule has 0 saturated carbocycles. The highest BCUT2D eigenvalue weighted by molar-refractivity contribution is 4.91. The largest absolute Gasteiger partial charge is 0.330 e. The van der Waals surface area contributed by atoms with Gasteiger partial charge < -0.3 is 4.90 Å². The topological polar surface area (TPSA) is 3.24 Å². The number of rotatable bonds is 2. The van der Waals surface area contributed by atoms with Crippen LogP contribution in [0.1, 0.15) is 34.6 Å². The van der Waals surface area contributed by atoms with Crippen molar-refractivity contribution in [2.75, 3.05) is 6.54 Å². The van der Waals surface area contributed by atoms with Crippen LogP contribution in [0.5, 0.6) is 0 Å². The molecule has 1 nitrogen and oxygen atoms in total. The minimum absolute atomic E-state index is 0.266. The zero-order chi connectivity index (χ0) is 9.07. The third-order valence-electron chi connectivity index (χ3n) is 2.23. The SMILES string of the molecule is C#CN(CC)C(C)C(C)(C)C. The van der Waals surface area contributed by atoms with Gasteiger partial charge >= 0.3 is 0 Å². The second-order valence-corrected chi connectivity index (χ2v) is 3.96. The van der Waals surface area contributed by atoms with Crippen LogP contribution in [0.15, 0.2) is 0 Å². The molecule has 64 valence electrons. The van der Waals surface area contributed by atoms with Gasteiger partial charge in [0.15, 0.2) is 0 Å². The second kappa shape index (κ2) is 3.67. The van der Waals surface area contributed by atoms with Crippen LogP contribution in [0.2, 0.25) is 0 Å². The monoisotopic (exact) mass is 153 g/mol. The van der Waals surface area contributed by atoms with Crippen molar-refractivity contribution in [3.63, 3.8) is 0 Å². The molecule has 0 N–H and O–H groups in total. The lowest BCUT2D eigenvalue weighted by Gasteiger charge is -2.34. The molecule has 0 aliphatic heterocycles. The first-order chi connectivity index (χ1) is 4.93. The van der Waals surface area contributed by atoms with Crippen LogP contribution in [-0.4, -0.2) is 17.5 Å². The van der Waals surface area contributed by atoms with Gasteiger partial charge in [-0.2, -0.15) is 0 Å². The molecule has 0 amide bonds. The molecule has 11 heavy (non-hydrogen) atoms. The number of nitrogens with zero attached hydrogens (tertiary/aromatic N) is 1.